The molecular weight excluding hydrogens is 257 g/mol. The predicted octanol–water partition coefficient (Wildman–Crippen LogP) is 1.38. The number of hydrogen-bond donors (Lipinski definition) is 1. The maximum Gasteiger partial charge on any atom is 0.239 e. The summed E-state index contributed by atoms with van der Waals surface area (Å²) in [5.41, 5.74) is 6.38. The van der Waals surface area contributed by atoms with Crippen LogP contribution in [0.1, 0.15) is 6.42 Å². The van der Waals surface area contributed by atoms with E-state index in [-0.39, 0.29) is 11.7 Å². The van der Waals surface area contributed by atoms with E-state index in [0.717, 1.165) is 0 Å². The average molecular weight is 277 g/mol. The molecule has 4 nitrogen and oxygen atoms in total. The Morgan fingerprint density at radius 2 is 2.00 bits per heavy atom. The number of piperazine rings is 1. The molecule has 1 atom stereocenters. The first-order valence-electron chi connectivity index (χ1n) is 6.78. The first-order chi connectivity index (χ1) is 9.63. The number of carbonyl (C=O) groups excluding carboxylic acids is 1. The highest BCUT2D eigenvalue weighted by Gasteiger charge is 2.25. The molecule has 0 saturated carbocycles. The van der Waals surface area contributed by atoms with Gasteiger partial charge in [-0.25, -0.2) is 4.39 Å². The fraction of sp³-hybridized carbons (Fsp3) is 0.400. The monoisotopic (exact) mass is 277 g/mol. The maximum atomic E-state index is 13.7. The van der Waals surface area contributed by atoms with Crippen molar-refractivity contribution in [1.29, 1.82) is 0 Å². The largest absolute Gasteiger partial charge is 0.366 e. The lowest BCUT2D eigenvalue weighted by Gasteiger charge is -2.37. The summed E-state index contributed by atoms with van der Waals surface area (Å²) in [6.45, 7) is 5.96. The predicted molar refractivity (Wildman–Crippen MR) is 78.0 cm³/mol. The smallest absolute Gasteiger partial charge is 0.239 e. The first kappa shape index (κ1) is 14.5. The van der Waals surface area contributed by atoms with Gasteiger partial charge in [0.1, 0.15) is 5.82 Å². The van der Waals surface area contributed by atoms with E-state index in [2.05, 4.69) is 6.58 Å². The summed E-state index contributed by atoms with van der Waals surface area (Å²) < 4.78 is 13.7. The number of anilines is 1. The number of benzene rings is 1. The van der Waals surface area contributed by atoms with Gasteiger partial charge in [0.2, 0.25) is 5.91 Å². The zero-order valence-corrected chi connectivity index (χ0v) is 11.5. The van der Waals surface area contributed by atoms with Gasteiger partial charge in [-0.3, -0.25) is 4.79 Å². The summed E-state index contributed by atoms with van der Waals surface area (Å²) >= 11 is 0. The first-order valence-corrected chi connectivity index (χ1v) is 6.78. The van der Waals surface area contributed by atoms with Gasteiger partial charge >= 0.3 is 0 Å². The average Bonchev–Trinajstić information content (AvgIpc) is 2.47. The molecule has 1 heterocycles. The van der Waals surface area contributed by atoms with Crippen LogP contribution < -0.4 is 10.6 Å². The van der Waals surface area contributed by atoms with Crippen LogP contribution in [0.25, 0.3) is 0 Å². The second kappa shape index (κ2) is 6.52. The van der Waals surface area contributed by atoms with E-state index in [1.54, 1.807) is 23.1 Å². The van der Waals surface area contributed by atoms with E-state index in [1.165, 1.54) is 6.07 Å². The van der Waals surface area contributed by atoms with Gasteiger partial charge in [0, 0.05) is 26.2 Å². The van der Waals surface area contributed by atoms with Gasteiger partial charge in [-0.05, 0) is 18.6 Å². The zero-order chi connectivity index (χ0) is 14.5. The van der Waals surface area contributed by atoms with Gasteiger partial charge in [0.25, 0.3) is 0 Å². The minimum atomic E-state index is -0.521. The molecule has 0 bridgehead atoms. The van der Waals surface area contributed by atoms with Crippen LogP contribution in [0.4, 0.5) is 10.1 Å². The van der Waals surface area contributed by atoms with Crippen LogP contribution in [0.3, 0.4) is 0 Å². The molecular formula is C15H20FN3O. The highest BCUT2D eigenvalue weighted by Crippen LogP contribution is 2.20. The number of nitrogens with two attached hydrogens (primary N) is 1. The van der Waals surface area contributed by atoms with Crippen LogP contribution in [0.15, 0.2) is 36.9 Å². The fourth-order valence-corrected chi connectivity index (χ4v) is 2.39. The van der Waals surface area contributed by atoms with Crippen molar-refractivity contribution in [3.63, 3.8) is 0 Å². The lowest BCUT2D eigenvalue weighted by Crippen LogP contribution is -2.53. The molecule has 20 heavy (non-hydrogen) atoms. The summed E-state index contributed by atoms with van der Waals surface area (Å²) in [6, 6.07) is 6.18. The van der Waals surface area contributed by atoms with Crippen molar-refractivity contribution < 1.29 is 9.18 Å². The molecule has 5 heteroatoms. The van der Waals surface area contributed by atoms with E-state index < -0.39 is 6.04 Å². The van der Waals surface area contributed by atoms with E-state index in [0.29, 0.717) is 38.3 Å². The molecule has 2 N–H and O–H groups in total. The van der Waals surface area contributed by atoms with E-state index in [4.69, 9.17) is 5.73 Å². The van der Waals surface area contributed by atoms with Crippen molar-refractivity contribution in [2.24, 2.45) is 5.73 Å². The molecule has 1 amide bonds. The standard InChI is InChI=1S/C15H20FN3O/c1-2-5-13(17)15(20)19-10-8-18(9-11-19)14-7-4-3-6-12(14)16/h2-4,6-7,13H,1,5,8-11,17H2. The van der Waals surface area contributed by atoms with Crippen LogP contribution >= 0.6 is 0 Å². The van der Waals surface area contributed by atoms with E-state index in [1.807, 2.05) is 11.0 Å². The SMILES string of the molecule is C=CCC(N)C(=O)N1CCN(c2ccccc2F)CC1. The second-order valence-electron chi connectivity index (χ2n) is 4.89. The fourth-order valence-electron chi connectivity index (χ4n) is 2.39. The highest BCUT2D eigenvalue weighted by atomic mass is 19.1. The number of hydrogen-bond acceptors (Lipinski definition) is 3. The van der Waals surface area contributed by atoms with Crippen LogP contribution in [0, 0.1) is 5.82 Å². The number of nitrogens with zero attached hydrogens (tertiary/aromatic N) is 2. The van der Waals surface area contributed by atoms with Crippen LogP contribution in [-0.2, 0) is 4.79 Å². The summed E-state index contributed by atoms with van der Waals surface area (Å²) in [5, 5.41) is 0. The third kappa shape index (κ3) is 3.17. The molecule has 108 valence electrons. The summed E-state index contributed by atoms with van der Waals surface area (Å²) in [4.78, 5) is 15.8. The topological polar surface area (TPSA) is 49.6 Å². The Labute approximate surface area is 118 Å². The number of carbonyl (C=O) groups is 1. The van der Waals surface area contributed by atoms with Crippen molar-refractivity contribution in [2.45, 2.75) is 12.5 Å². The van der Waals surface area contributed by atoms with Gasteiger partial charge in [0.05, 0.1) is 11.7 Å². The molecule has 1 fully saturated rings. The third-order valence-corrected chi connectivity index (χ3v) is 3.52. The van der Waals surface area contributed by atoms with Crippen LogP contribution in [0.5, 0.6) is 0 Å². The molecule has 0 aliphatic carbocycles. The number of halogens is 1. The Morgan fingerprint density at radius 1 is 1.35 bits per heavy atom. The molecule has 0 aromatic heterocycles. The quantitative estimate of drug-likeness (QED) is 0.846. The molecule has 0 spiro atoms. The van der Waals surface area contributed by atoms with Gasteiger partial charge in [0.15, 0.2) is 0 Å². The minimum Gasteiger partial charge on any atom is -0.366 e. The molecule has 1 unspecified atom stereocenters. The Kier molecular flexibility index (Phi) is 4.74. The van der Waals surface area contributed by atoms with E-state index >= 15 is 0 Å². The maximum absolute atomic E-state index is 13.7. The zero-order valence-electron chi connectivity index (χ0n) is 11.5. The third-order valence-electron chi connectivity index (χ3n) is 3.52. The van der Waals surface area contributed by atoms with Crippen LogP contribution in [-0.4, -0.2) is 43.0 Å². The Hall–Kier alpha value is -1.88. The lowest BCUT2D eigenvalue weighted by atomic mass is 10.1. The normalized spacial score (nSPS) is 16.9. The van der Waals surface area contributed by atoms with Gasteiger partial charge in [-0.1, -0.05) is 18.2 Å². The molecule has 1 aromatic carbocycles. The van der Waals surface area contributed by atoms with Crippen molar-refractivity contribution >= 4 is 11.6 Å². The Morgan fingerprint density at radius 3 is 2.60 bits per heavy atom. The number of amides is 1. The lowest BCUT2D eigenvalue weighted by molar-refractivity contribution is -0.132. The summed E-state index contributed by atoms with van der Waals surface area (Å²) in [6.07, 6.45) is 2.13. The van der Waals surface area contributed by atoms with Gasteiger partial charge in [-0.15, -0.1) is 6.58 Å². The van der Waals surface area contributed by atoms with Crippen molar-refractivity contribution in [3.05, 3.63) is 42.7 Å². The minimum absolute atomic E-state index is 0.0573. The van der Waals surface area contributed by atoms with Crippen LogP contribution in [0.2, 0.25) is 0 Å². The molecule has 1 aromatic rings. The summed E-state index contributed by atoms with van der Waals surface area (Å²) in [5.74, 6) is -0.284. The summed E-state index contributed by atoms with van der Waals surface area (Å²) in [7, 11) is 0. The Balaban J connectivity index is 1.94. The van der Waals surface area contributed by atoms with Crippen molar-refractivity contribution in [1.82, 2.24) is 4.90 Å². The molecule has 1 aliphatic heterocycles. The molecule has 1 saturated heterocycles. The molecule has 0 radical (unpaired) electrons. The van der Waals surface area contributed by atoms with Crippen molar-refractivity contribution in [2.75, 3.05) is 31.1 Å². The molecule has 1 aliphatic rings. The van der Waals surface area contributed by atoms with E-state index in [9.17, 15) is 9.18 Å². The highest BCUT2D eigenvalue weighted by molar-refractivity contribution is 5.82. The van der Waals surface area contributed by atoms with Gasteiger partial charge < -0.3 is 15.5 Å². The van der Waals surface area contributed by atoms with Gasteiger partial charge in [-0.2, -0.15) is 0 Å². The Bertz CT molecular complexity index is 484. The number of rotatable bonds is 4. The number of para-hydroxylation sites is 1. The van der Waals surface area contributed by atoms with Crippen molar-refractivity contribution in [3.8, 4) is 0 Å². The second-order valence-corrected chi connectivity index (χ2v) is 4.89. The molecule has 2 rings (SSSR count).